The number of aromatic nitrogens is 2. The number of hydrogen-bond donors (Lipinski definition) is 2. The van der Waals surface area contributed by atoms with Gasteiger partial charge in [0.15, 0.2) is 0 Å². The number of imidazole rings is 1. The number of anilines is 1. The molecule has 23 heavy (non-hydrogen) atoms. The Morgan fingerprint density at radius 2 is 1.78 bits per heavy atom. The van der Waals surface area contributed by atoms with E-state index in [1.54, 1.807) is 9.80 Å². The molecule has 1 aromatic heterocycles. The summed E-state index contributed by atoms with van der Waals surface area (Å²) in [7, 11) is 2.31. The van der Waals surface area contributed by atoms with Crippen LogP contribution in [0.4, 0.5) is 5.95 Å². The van der Waals surface area contributed by atoms with Crippen LogP contribution in [-0.4, -0.2) is 62.4 Å². The zero-order valence-electron chi connectivity index (χ0n) is 13.6. The third kappa shape index (κ3) is 3.58. The Bertz CT molecular complexity index is 636. The average molecular weight is 358 g/mol. The van der Waals surface area contributed by atoms with E-state index in [4.69, 9.17) is 4.98 Å². The molecule has 0 bridgehead atoms. The van der Waals surface area contributed by atoms with Gasteiger partial charge in [0.25, 0.3) is 0 Å². The van der Waals surface area contributed by atoms with Crippen LogP contribution in [0, 0.1) is 0 Å². The van der Waals surface area contributed by atoms with E-state index in [1.165, 1.54) is 44.2 Å². The largest absolute Gasteiger partial charge is 1.00 e. The zero-order chi connectivity index (χ0) is 14.2. The number of para-hydroxylation sites is 2. The molecule has 5 nitrogen and oxygen atoms in total. The van der Waals surface area contributed by atoms with Crippen molar-refractivity contribution in [3.05, 3.63) is 24.3 Å². The van der Waals surface area contributed by atoms with E-state index >= 15 is 0 Å². The van der Waals surface area contributed by atoms with Gasteiger partial charge in [0, 0.05) is 13.1 Å². The molecule has 2 aromatic rings. The first-order valence-electron chi connectivity index (χ1n) is 8.16. The second-order valence-corrected chi connectivity index (χ2v) is 6.50. The molecule has 1 saturated heterocycles. The first-order valence-corrected chi connectivity index (χ1v) is 8.16. The fourth-order valence-corrected chi connectivity index (χ4v) is 3.63. The van der Waals surface area contributed by atoms with Crippen LogP contribution < -0.4 is 39.5 Å². The van der Waals surface area contributed by atoms with Crippen molar-refractivity contribution in [3.63, 3.8) is 0 Å². The van der Waals surface area contributed by atoms with Crippen molar-refractivity contribution in [2.24, 2.45) is 0 Å². The predicted octanol–water partition coefficient (Wildman–Crippen LogP) is -7.72. The van der Waals surface area contributed by atoms with Crippen molar-refractivity contribution < 1.29 is 34.6 Å². The third-order valence-corrected chi connectivity index (χ3v) is 5.06. The molecule has 4 rings (SSSR count). The molecule has 0 radical (unpaired) electrons. The Hall–Kier alpha value is -1.01. The van der Waals surface area contributed by atoms with E-state index in [0.29, 0.717) is 0 Å². The van der Waals surface area contributed by atoms with Crippen molar-refractivity contribution in [3.8, 4) is 0 Å². The summed E-state index contributed by atoms with van der Waals surface area (Å²) < 4.78 is 2.37. The van der Waals surface area contributed by atoms with Crippen molar-refractivity contribution in [1.82, 2.24) is 9.55 Å². The quantitative estimate of drug-likeness (QED) is 0.571. The molecular weight excluding hydrogens is 333 g/mol. The van der Waals surface area contributed by atoms with Gasteiger partial charge < -0.3 is 44.1 Å². The fraction of sp³-hybridized carbons (Fsp3) is 0.562. The van der Waals surface area contributed by atoms with Gasteiger partial charge in [-0.2, -0.15) is 0 Å². The second kappa shape index (κ2) is 7.71. The molecule has 2 aliphatic rings. The van der Waals surface area contributed by atoms with Crippen molar-refractivity contribution in [2.75, 3.05) is 57.8 Å². The highest BCUT2D eigenvalue weighted by atomic mass is 35.5. The number of rotatable bonds is 3. The highest BCUT2D eigenvalue weighted by molar-refractivity contribution is 5.79. The summed E-state index contributed by atoms with van der Waals surface area (Å²) in [5.74, 6) is 1.18. The van der Waals surface area contributed by atoms with Gasteiger partial charge in [0.2, 0.25) is 5.95 Å². The molecule has 0 atom stereocenters. The fourth-order valence-electron chi connectivity index (χ4n) is 3.63. The summed E-state index contributed by atoms with van der Waals surface area (Å²) in [5.41, 5.74) is 2.42. The highest BCUT2D eigenvalue weighted by Crippen LogP contribution is 2.26. The maximum absolute atomic E-state index is 4.83. The molecule has 128 valence electrons. The summed E-state index contributed by atoms with van der Waals surface area (Å²) in [6.45, 7) is 9.84. The average Bonchev–Trinajstić information content (AvgIpc) is 3.06. The SMILES string of the molecule is C[NH+]1CC[NH+](CCN2CCn3c2nc2ccccc23)CC1.[Cl-].[Cl-]. The van der Waals surface area contributed by atoms with E-state index in [1.807, 2.05) is 0 Å². The van der Waals surface area contributed by atoms with Crippen LogP contribution in [0.25, 0.3) is 11.0 Å². The van der Waals surface area contributed by atoms with Crippen LogP contribution in [0.5, 0.6) is 0 Å². The van der Waals surface area contributed by atoms with Crippen LogP contribution in [0.15, 0.2) is 24.3 Å². The lowest BCUT2D eigenvalue weighted by molar-refractivity contribution is -1.00. The number of hydrogen-bond acceptors (Lipinski definition) is 2. The zero-order valence-corrected chi connectivity index (χ0v) is 15.1. The Labute approximate surface area is 150 Å². The van der Waals surface area contributed by atoms with Gasteiger partial charge >= 0.3 is 0 Å². The van der Waals surface area contributed by atoms with Crippen LogP contribution in [0.3, 0.4) is 0 Å². The summed E-state index contributed by atoms with van der Waals surface area (Å²) in [6.07, 6.45) is 0. The van der Waals surface area contributed by atoms with E-state index in [-0.39, 0.29) is 24.8 Å². The Morgan fingerprint density at radius 1 is 1.04 bits per heavy atom. The minimum atomic E-state index is 0. The number of nitrogens with zero attached hydrogens (tertiary/aromatic N) is 3. The van der Waals surface area contributed by atoms with Crippen molar-refractivity contribution in [1.29, 1.82) is 0 Å². The molecule has 1 aromatic carbocycles. The van der Waals surface area contributed by atoms with E-state index in [0.717, 1.165) is 25.2 Å². The van der Waals surface area contributed by atoms with Gasteiger partial charge in [-0.05, 0) is 12.1 Å². The van der Waals surface area contributed by atoms with E-state index < -0.39 is 0 Å². The molecule has 0 aliphatic carbocycles. The summed E-state index contributed by atoms with van der Waals surface area (Å²) in [5, 5.41) is 0. The molecule has 2 aliphatic heterocycles. The lowest BCUT2D eigenvalue weighted by Crippen LogP contribution is -3.27. The van der Waals surface area contributed by atoms with Gasteiger partial charge in [0.05, 0.1) is 31.2 Å². The number of fused-ring (bicyclic) bond motifs is 3. The number of quaternary nitrogens is 2. The Balaban J connectivity index is 0.000000960. The first-order chi connectivity index (χ1) is 10.3. The van der Waals surface area contributed by atoms with Crippen molar-refractivity contribution >= 4 is 17.0 Å². The number of nitrogens with one attached hydrogen (secondary N) is 2. The van der Waals surface area contributed by atoms with Crippen LogP contribution in [0.2, 0.25) is 0 Å². The third-order valence-electron chi connectivity index (χ3n) is 5.06. The maximum atomic E-state index is 4.83. The van der Waals surface area contributed by atoms with Crippen LogP contribution >= 0.6 is 0 Å². The van der Waals surface area contributed by atoms with Gasteiger partial charge in [-0.25, -0.2) is 4.98 Å². The molecule has 2 N–H and O–H groups in total. The summed E-state index contributed by atoms with van der Waals surface area (Å²) in [6, 6.07) is 8.49. The Morgan fingerprint density at radius 3 is 2.57 bits per heavy atom. The smallest absolute Gasteiger partial charge is 0.206 e. The normalized spacial score (nSPS) is 23.3. The molecule has 0 spiro atoms. The van der Waals surface area contributed by atoms with Crippen LogP contribution in [-0.2, 0) is 6.54 Å². The molecule has 3 heterocycles. The minimum Gasteiger partial charge on any atom is -1.00 e. The van der Waals surface area contributed by atoms with Crippen molar-refractivity contribution in [2.45, 2.75) is 6.54 Å². The van der Waals surface area contributed by atoms with Gasteiger partial charge in [-0.1, -0.05) is 12.1 Å². The predicted molar refractivity (Wildman–Crippen MR) is 84.1 cm³/mol. The molecule has 7 heteroatoms. The lowest BCUT2D eigenvalue weighted by atomic mass is 10.3. The molecule has 1 fully saturated rings. The van der Waals surface area contributed by atoms with Gasteiger partial charge in [0.1, 0.15) is 26.2 Å². The Kier molecular flexibility index (Phi) is 6.14. The number of piperazine rings is 1. The van der Waals surface area contributed by atoms with Gasteiger partial charge in [-0.15, -0.1) is 0 Å². The first kappa shape index (κ1) is 18.3. The topological polar surface area (TPSA) is 29.9 Å². The summed E-state index contributed by atoms with van der Waals surface area (Å²) in [4.78, 5) is 10.7. The van der Waals surface area contributed by atoms with E-state index in [2.05, 4.69) is 40.8 Å². The second-order valence-electron chi connectivity index (χ2n) is 6.50. The monoisotopic (exact) mass is 357 g/mol. The molecule has 0 saturated carbocycles. The van der Waals surface area contributed by atoms with E-state index in [9.17, 15) is 0 Å². The number of likely N-dealkylation sites (N-methyl/N-ethyl adjacent to an activating group) is 1. The van der Waals surface area contributed by atoms with Crippen LogP contribution in [0.1, 0.15) is 0 Å². The maximum Gasteiger partial charge on any atom is 0.206 e. The standard InChI is InChI=1S/C16H23N5.2ClH/c1-18-6-8-19(9-7-18)10-11-20-12-13-21-15-5-3-2-4-14(15)17-16(20)21;;/h2-5H,6-13H2,1H3;2*1H. The molecule has 0 unspecified atom stereocenters. The lowest BCUT2D eigenvalue weighted by Gasteiger charge is -2.28. The molecular formula is C16H25Cl2N5. The number of halogens is 2. The molecule has 0 amide bonds. The number of benzene rings is 1. The minimum absolute atomic E-state index is 0. The summed E-state index contributed by atoms with van der Waals surface area (Å²) >= 11 is 0. The van der Waals surface area contributed by atoms with Gasteiger partial charge in [-0.3, -0.25) is 0 Å². The highest BCUT2D eigenvalue weighted by Gasteiger charge is 2.25.